The SMILES string of the molecule is COC(=O)C1=C(C)N(C)C(=O)N[C@H]1c1cc(Cl)cc(OC)c1OC. The normalized spacial score (nSPS) is 17.5. The van der Waals surface area contributed by atoms with Crippen molar-refractivity contribution in [3.63, 3.8) is 0 Å². The minimum Gasteiger partial charge on any atom is -0.493 e. The molecule has 7 nitrogen and oxygen atoms in total. The lowest BCUT2D eigenvalue weighted by atomic mass is 9.94. The number of esters is 1. The zero-order valence-corrected chi connectivity index (χ0v) is 14.9. The second kappa shape index (κ2) is 7.00. The Morgan fingerprint density at radius 3 is 2.46 bits per heavy atom. The van der Waals surface area contributed by atoms with Crippen molar-refractivity contribution in [2.24, 2.45) is 0 Å². The average Bonchev–Trinajstić information content (AvgIpc) is 2.57. The van der Waals surface area contributed by atoms with Gasteiger partial charge in [0.15, 0.2) is 11.5 Å². The highest BCUT2D eigenvalue weighted by Crippen LogP contribution is 2.42. The second-order valence-corrected chi connectivity index (χ2v) is 5.60. The lowest BCUT2D eigenvalue weighted by Crippen LogP contribution is -2.46. The maximum atomic E-state index is 12.3. The predicted octanol–water partition coefficient (Wildman–Crippen LogP) is 2.50. The van der Waals surface area contributed by atoms with E-state index in [1.165, 1.54) is 26.2 Å². The highest BCUT2D eigenvalue weighted by atomic mass is 35.5. The van der Waals surface area contributed by atoms with Crippen molar-refractivity contribution in [1.82, 2.24) is 10.2 Å². The summed E-state index contributed by atoms with van der Waals surface area (Å²) >= 11 is 6.15. The van der Waals surface area contributed by atoms with Gasteiger partial charge in [0, 0.05) is 29.4 Å². The number of urea groups is 1. The van der Waals surface area contributed by atoms with Crippen molar-refractivity contribution in [2.75, 3.05) is 28.4 Å². The van der Waals surface area contributed by atoms with Crippen molar-refractivity contribution in [1.29, 1.82) is 0 Å². The summed E-state index contributed by atoms with van der Waals surface area (Å²) in [5.74, 6) is 0.228. The van der Waals surface area contributed by atoms with E-state index < -0.39 is 12.0 Å². The lowest BCUT2D eigenvalue weighted by molar-refractivity contribution is -0.136. The van der Waals surface area contributed by atoms with Crippen LogP contribution in [0.2, 0.25) is 5.02 Å². The van der Waals surface area contributed by atoms with Crippen LogP contribution in [0.3, 0.4) is 0 Å². The molecule has 1 aliphatic heterocycles. The number of hydrogen-bond acceptors (Lipinski definition) is 5. The topological polar surface area (TPSA) is 77.1 Å². The van der Waals surface area contributed by atoms with Gasteiger partial charge >= 0.3 is 12.0 Å². The van der Waals surface area contributed by atoms with E-state index in [1.54, 1.807) is 26.1 Å². The van der Waals surface area contributed by atoms with E-state index in [0.29, 0.717) is 33.4 Å². The number of carbonyl (C=O) groups is 2. The fourth-order valence-electron chi connectivity index (χ4n) is 2.62. The van der Waals surface area contributed by atoms with Gasteiger partial charge in [0.2, 0.25) is 0 Å². The number of benzene rings is 1. The summed E-state index contributed by atoms with van der Waals surface area (Å²) < 4.78 is 15.6. The predicted molar refractivity (Wildman–Crippen MR) is 88.3 cm³/mol. The minimum atomic E-state index is -0.774. The first-order chi connectivity index (χ1) is 11.3. The Labute approximate surface area is 145 Å². The minimum absolute atomic E-state index is 0.294. The second-order valence-electron chi connectivity index (χ2n) is 5.16. The molecule has 0 spiro atoms. The van der Waals surface area contributed by atoms with E-state index >= 15 is 0 Å². The van der Waals surface area contributed by atoms with E-state index in [-0.39, 0.29) is 6.03 Å². The van der Waals surface area contributed by atoms with Crippen LogP contribution in [0, 0.1) is 0 Å². The van der Waals surface area contributed by atoms with Gasteiger partial charge in [0.25, 0.3) is 0 Å². The van der Waals surface area contributed by atoms with Gasteiger partial charge in [-0.15, -0.1) is 0 Å². The van der Waals surface area contributed by atoms with E-state index in [1.807, 2.05) is 0 Å². The van der Waals surface area contributed by atoms with Crippen LogP contribution in [0.4, 0.5) is 4.79 Å². The molecule has 0 saturated carbocycles. The van der Waals surface area contributed by atoms with Crippen LogP contribution in [-0.2, 0) is 9.53 Å². The molecule has 1 aromatic rings. The third kappa shape index (κ3) is 2.99. The number of nitrogens with one attached hydrogen (secondary N) is 1. The van der Waals surface area contributed by atoms with Crippen LogP contribution in [-0.4, -0.2) is 45.3 Å². The Hall–Kier alpha value is -2.41. The number of rotatable bonds is 4. The fraction of sp³-hybridized carbons (Fsp3) is 0.375. The van der Waals surface area contributed by atoms with Crippen molar-refractivity contribution < 1.29 is 23.8 Å². The number of methoxy groups -OCH3 is 3. The smallest absolute Gasteiger partial charge is 0.337 e. The van der Waals surface area contributed by atoms with Gasteiger partial charge in [0.1, 0.15) is 0 Å². The maximum Gasteiger partial charge on any atom is 0.337 e. The molecule has 2 amide bonds. The Morgan fingerprint density at radius 2 is 1.92 bits per heavy atom. The number of halogens is 1. The maximum absolute atomic E-state index is 12.3. The molecule has 1 atom stereocenters. The monoisotopic (exact) mass is 354 g/mol. The molecule has 0 fully saturated rings. The summed E-state index contributed by atoms with van der Waals surface area (Å²) in [6.07, 6.45) is 0. The highest BCUT2D eigenvalue weighted by molar-refractivity contribution is 6.30. The van der Waals surface area contributed by atoms with Crippen LogP contribution in [0.25, 0.3) is 0 Å². The Morgan fingerprint density at radius 1 is 1.25 bits per heavy atom. The highest BCUT2D eigenvalue weighted by Gasteiger charge is 2.37. The molecule has 1 aromatic carbocycles. The summed E-state index contributed by atoms with van der Waals surface area (Å²) in [4.78, 5) is 25.8. The van der Waals surface area contributed by atoms with Crippen LogP contribution >= 0.6 is 11.6 Å². The molecule has 2 rings (SSSR count). The van der Waals surface area contributed by atoms with Crippen LogP contribution < -0.4 is 14.8 Å². The zero-order chi connectivity index (χ0) is 18.0. The number of nitrogens with zero attached hydrogens (tertiary/aromatic N) is 1. The van der Waals surface area contributed by atoms with Gasteiger partial charge in [-0.3, -0.25) is 0 Å². The summed E-state index contributed by atoms with van der Waals surface area (Å²) in [6, 6.07) is 2.08. The van der Waals surface area contributed by atoms with Gasteiger partial charge in [-0.25, -0.2) is 9.59 Å². The molecule has 0 aliphatic carbocycles. The molecule has 0 saturated heterocycles. The van der Waals surface area contributed by atoms with Crippen molar-refractivity contribution in [2.45, 2.75) is 13.0 Å². The number of carbonyl (C=O) groups excluding carboxylic acids is 2. The van der Waals surface area contributed by atoms with Gasteiger partial charge < -0.3 is 24.4 Å². The largest absolute Gasteiger partial charge is 0.493 e. The number of ether oxygens (including phenoxy) is 3. The molecular weight excluding hydrogens is 336 g/mol. The van der Waals surface area contributed by atoms with Gasteiger partial charge in [-0.1, -0.05) is 11.6 Å². The van der Waals surface area contributed by atoms with Crippen LogP contribution in [0.5, 0.6) is 11.5 Å². The standard InChI is InChI=1S/C16H19ClN2O5/c1-8-12(15(20)24-5)13(18-16(21)19(8)2)10-6-9(17)7-11(22-3)14(10)23-4/h6-7,13H,1-5H3,(H,18,21)/t13-/m0/s1. The molecule has 0 unspecified atom stereocenters. The quantitative estimate of drug-likeness (QED) is 0.841. The van der Waals surface area contributed by atoms with E-state index in [4.69, 9.17) is 25.8 Å². The van der Waals surface area contributed by atoms with Gasteiger partial charge in [-0.05, 0) is 13.0 Å². The first kappa shape index (κ1) is 17.9. The molecule has 24 heavy (non-hydrogen) atoms. The Bertz CT molecular complexity index is 717. The number of amides is 2. The third-order valence-electron chi connectivity index (χ3n) is 3.94. The number of hydrogen-bond donors (Lipinski definition) is 1. The Balaban J connectivity index is 2.71. The van der Waals surface area contributed by atoms with E-state index in [0.717, 1.165) is 0 Å². The molecule has 0 bridgehead atoms. The van der Waals surface area contributed by atoms with Crippen LogP contribution in [0.15, 0.2) is 23.4 Å². The van der Waals surface area contributed by atoms with Crippen molar-refractivity contribution in [3.05, 3.63) is 34.0 Å². The summed E-state index contributed by atoms with van der Waals surface area (Å²) in [7, 11) is 5.80. The molecule has 1 heterocycles. The zero-order valence-electron chi connectivity index (χ0n) is 14.1. The molecule has 130 valence electrons. The average molecular weight is 355 g/mol. The summed E-state index contributed by atoms with van der Waals surface area (Å²) in [6.45, 7) is 1.67. The molecule has 0 radical (unpaired) electrons. The summed E-state index contributed by atoms with van der Waals surface area (Å²) in [5, 5.41) is 3.15. The third-order valence-corrected chi connectivity index (χ3v) is 4.16. The molecule has 8 heteroatoms. The van der Waals surface area contributed by atoms with Crippen molar-refractivity contribution >= 4 is 23.6 Å². The fourth-order valence-corrected chi connectivity index (χ4v) is 2.83. The first-order valence-electron chi connectivity index (χ1n) is 7.10. The van der Waals surface area contributed by atoms with E-state index in [9.17, 15) is 9.59 Å². The van der Waals surface area contributed by atoms with Crippen molar-refractivity contribution in [3.8, 4) is 11.5 Å². The van der Waals surface area contributed by atoms with Gasteiger partial charge in [0.05, 0.1) is 32.9 Å². The lowest BCUT2D eigenvalue weighted by Gasteiger charge is -2.33. The number of allylic oxidation sites excluding steroid dienone is 1. The van der Waals surface area contributed by atoms with E-state index in [2.05, 4.69) is 5.32 Å². The molecule has 0 aromatic heterocycles. The molecule has 1 N–H and O–H groups in total. The van der Waals surface area contributed by atoms with Crippen LogP contribution in [0.1, 0.15) is 18.5 Å². The van der Waals surface area contributed by atoms with Gasteiger partial charge in [-0.2, -0.15) is 0 Å². The first-order valence-corrected chi connectivity index (χ1v) is 7.48. The molecular formula is C16H19ClN2O5. The summed E-state index contributed by atoms with van der Waals surface area (Å²) in [5.41, 5.74) is 1.28. The Kier molecular flexibility index (Phi) is 5.23. The molecule has 1 aliphatic rings.